The van der Waals surface area contributed by atoms with Gasteiger partial charge in [0.1, 0.15) is 6.61 Å². The number of halogens is 1. The van der Waals surface area contributed by atoms with Crippen molar-refractivity contribution in [2.75, 3.05) is 18.2 Å². The summed E-state index contributed by atoms with van der Waals surface area (Å²) in [5.74, 6) is 0.918. The fraction of sp³-hybridized carbons (Fsp3) is 0.364. The lowest BCUT2D eigenvalue weighted by Gasteiger charge is -2.02. The van der Waals surface area contributed by atoms with E-state index in [9.17, 15) is 4.79 Å². The van der Waals surface area contributed by atoms with Gasteiger partial charge in [0, 0.05) is 10.6 Å². The summed E-state index contributed by atoms with van der Waals surface area (Å²) >= 11 is 7.04. The number of esters is 1. The molecule has 0 heterocycles. The fourth-order valence-electron chi connectivity index (χ4n) is 0.994. The maximum Gasteiger partial charge on any atom is 0.306 e. The molecule has 0 radical (unpaired) electrons. The first-order valence-corrected chi connectivity index (χ1v) is 6.24. The molecule has 0 N–H and O–H groups in total. The Morgan fingerprint density at radius 3 is 2.73 bits per heavy atom. The summed E-state index contributed by atoms with van der Waals surface area (Å²) in [6.45, 7) is 0.302. The summed E-state index contributed by atoms with van der Waals surface area (Å²) in [5.41, 5.74) is 0. The second kappa shape index (κ2) is 7.60. The van der Waals surface area contributed by atoms with E-state index in [1.807, 2.05) is 30.3 Å². The van der Waals surface area contributed by atoms with Crippen LogP contribution in [0.2, 0.25) is 0 Å². The number of rotatable bonds is 6. The Morgan fingerprint density at radius 2 is 2.07 bits per heavy atom. The molecule has 0 bridgehead atoms. The molecule has 0 spiro atoms. The van der Waals surface area contributed by atoms with Gasteiger partial charge in [-0.15, -0.1) is 23.4 Å². The van der Waals surface area contributed by atoms with Crippen LogP contribution in [-0.4, -0.2) is 24.2 Å². The molecule has 1 aromatic rings. The quantitative estimate of drug-likeness (QED) is 0.437. The maximum absolute atomic E-state index is 11.1. The molecule has 0 fully saturated rings. The predicted octanol–water partition coefficient (Wildman–Crippen LogP) is 2.95. The number of thioether (sulfide) groups is 1. The van der Waals surface area contributed by atoms with Crippen molar-refractivity contribution in [2.45, 2.75) is 11.3 Å². The van der Waals surface area contributed by atoms with Gasteiger partial charge < -0.3 is 4.74 Å². The number of ether oxygens (including phenoxy) is 1. The third kappa shape index (κ3) is 5.70. The average molecular weight is 245 g/mol. The van der Waals surface area contributed by atoms with E-state index in [1.54, 1.807) is 11.8 Å². The van der Waals surface area contributed by atoms with Crippen LogP contribution in [0, 0.1) is 0 Å². The highest BCUT2D eigenvalue weighted by atomic mass is 35.5. The third-order valence-electron chi connectivity index (χ3n) is 1.66. The monoisotopic (exact) mass is 244 g/mol. The minimum atomic E-state index is -0.181. The van der Waals surface area contributed by atoms with Gasteiger partial charge in [0.25, 0.3) is 0 Å². The fourth-order valence-corrected chi connectivity index (χ4v) is 1.92. The van der Waals surface area contributed by atoms with Crippen LogP contribution < -0.4 is 0 Å². The topological polar surface area (TPSA) is 26.3 Å². The number of carbonyl (C=O) groups excluding carboxylic acids is 1. The minimum absolute atomic E-state index is 0.181. The van der Waals surface area contributed by atoms with E-state index >= 15 is 0 Å². The molecule has 0 atom stereocenters. The second-order valence-corrected chi connectivity index (χ2v) is 4.37. The molecule has 4 heteroatoms. The van der Waals surface area contributed by atoms with E-state index in [1.165, 1.54) is 4.90 Å². The highest BCUT2D eigenvalue weighted by Gasteiger charge is 2.02. The lowest BCUT2D eigenvalue weighted by atomic mass is 10.4. The molecule has 0 aromatic heterocycles. The van der Waals surface area contributed by atoms with Gasteiger partial charge in [0.05, 0.1) is 12.3 Å². The van der Waals surface area contributed by atoms with Crippen molar-refractivity contribution in [3.63, 3.8) is 0 Å². The van der Waals surface area contributed by atoms with Crippen molar-refractivity contribution in [1.82, 2.24) is 0 Å². The molecule has 0 aliphatic carbocycles. The summed E-state index contributed by atoms with van der Waals surface area (Å²) in [4.78, 5) is 12.3. The lowest BCUT2D eigenvalue weighted by molar-refractivity contribution is -0.142. The highest BCUT2D eigenvalue weighted by Crippen LogP contribution is 2.17. The summed E-state index contributed by atoms with van der Waals surface area (Å²) in [6, 6.07) is 9.98. The van der Waals surface area contributed by atoms with E-state index in [4.69, 9.17) is 16.3 Å². The summed E-state index contributed by atoms with van der Waals surface area (Å²) < 4.78 is 4.84. The molecule has 0 amide bonds. The minimum Gasteiger partial charge on any atom is -0.464 e. The molecule has 82 valence electrons. The summed E-state index contributed by atoms with van der Waals surface area (Å²) in [6.07, 6.45) is 0.427. The van der Waals surface area contributed by atoms with Crippen molar-refractivity contribution in [2.24, 2.45) is 0 Å². The average Bonchev–Trinajstić information content (AvgIpc) is 2.28. The normalized spacial score (nSPS) is 9.93. The molecule has 0 saturated carbocycles. The largest absolute Gasteiger partial charge is 0.464 e. The Balaban J connectivity index is 2.14. The third-order valence-corrected chi connectivity index (χ3v) is 2.83. The van der Waals surface area contributed by atoms with E-state index < -0.39 is 0 Å². The van der Waals surface area contributed by atoms with Gasteiger partial charge in [-0.3, -0.25) is 4.79 Å². The van der Waals surface area contributed by atoms with Crippen molar-refractivity contribution in [1.29, 1.82) is 0 Å². The van der Waals surface area contributed by atoms with Gasteiger partial charge in [0.2, 0.25) is 0 Å². The van der Waals surface area contributed by atoms with Crippen LogP contribution in [0.25, 0.3) is 0 Å². The molecule has 0 saturated heterocycles. The number of hydrogen-bond donors (Lipinski definition) is 0. The maximum atomic E-state index is 11.1. The Bertz CT molecular complexity index is 290. The molecule has 1 rings (SSSR count). The SMILES string of the molecule is O=C(CCSc1ccccc1)OCCCl. The van der Waals surface area contributed by atoms with Gasteiger partial charge in [0.15, 0.2) is 0 Å². The zero-order valence-corrected chi connectivity index (χ0v) is 9.89. The first-order chi connectivity index (χ1) is 7.33. The second-order valence-electron chi connectivity index (χ2n) is 2.82. The molecule has 0 aliphatic rings. The number of carbonyl (C=O) groups is 1. The Hall–Kier alpha value is -0.670. The first-order valence-electron chi connectivity index (χ1n) is 4.72. The molecule has 0 unspecified atom stereocenters. The smallest absolute Gasteiger partial charge is 0.306 e. The summed E-state index contributed by atoms with van der Waals surface area (Å²) in [7, 11) is 0. The van der Waals surface area contributed by atoms with Crippen LogP contribution in [0.15, 0.2) is 35.2 Å². The predicted molar refractivity (Wildman–Crippen MR) is 63.5 cm³/mol. The van der Waals surface area contributed by atoms with Crippen LogP contribution in [0.5, 0.6) is 0 Å². The number of hydrogen-bond acceptors (Lipinski definition) is 3. The van der Waals surface area contributed by atoms with Gasteiger partial charge in [-0.25, -0.2) is 0 Å². The van der Waals surface area contributed by atoms with Gasteiger partial charge in [-0.05, 0) is 12.1 Å². The summed E-state index contributed by atoms with van der Waals surface area (Å²) in [5, 5.41) is 0. The first kappa shape index (κ1) is 12.4. The highest BCUT2D eigenvalue weighted by molar-refractivity contribution is 7.99. The van der Waals surface area contributed by atoms with E-state index in [2.05, 4.69) is 0 Å². The Morgan fingerprint density at radius 1 is 1.33 bits per heavy atom. The number of alkyl halides is 1. The van der Waals surface area contributed by atoms with Crippen LogP contribution in [0.1, 0.15) is 6.42 Å². The van der Waals surface area contributed by atoms with Crippen molar-refractivity contribution < 1.29 is 9.53 Å². The van der Waals surface area contributed by atoms with Gasteiger partial charge >= 0.3 is 5.97 Å². The van der Waals surface area contributed by atoms with Crippen molar-refractivity contribution in [3.8, 4) is 0 Å². The molecule has 2 nitrogen and oxygen atoms in total. The molecule has 1 aromatic carbocycles. The number of benzene rings is 1. The standard InChI is InChI=1S/C11H13ClO2S/c12-7-8-14-11(13)6-9-15-10-4-2-1-3-5-10/h1-5H,6-9H2. The zero-order chi connectivity index (χ0) is 10.9. The molecular formula is C11H13ClO2S. The van der Waals surface area contributed by atoms with Gasteiger partial charge in [-0.2, -0.15) is 0 Å². The van der Waals surface area contributed by atoms with Crippen molar-refractivity contribution in [3.05, 3.63) is 30.3 Å². The van der Waals surface area contributed by atoms with E-state index in [0.29, 0.717) is 18.9 Å². The molecule has 0 aliphatic heterocycles. The zero-order valence-electron chi connectivity index (χ0n) is 8.32. The Kier molecular flexibility index (Phi) is 6.28. The lowest BCUT2D eigenvalue weighted by Crippen LogP contribution is -2.07. The van der Waals surface area contributed by atoms with Gasteiger partial charge in [-0.1, -0.05) is 18.2 Å². The Labute approximate surface area is 99.0 Å². The molecular weight excluding hydrogens is 232 g/mol. The van der Waals surface area contributed by atoms with E-state index in [-0.39, 0.29) is 5.97 Å². The van der Waals surface area contributed by atoms with Crippen LogP contribution in [0.3, 0.4) is 0 Å². The van der Waals surface area contributed by atoms with Crippen LogP contribution in [-0.2, 0) is 9.53 Å². The van der Waals surface area contributed by atoms with Crippen LogP contribution in [0.4, 0.5) is 0 Å². The van der Waals surface area contributed by atoms with Crippen molar-refractivity contribution >= 4 is 29.3 Å². The molecule has 15 heavy (non-hydrogen) atoms. The van der Waals surface area contributed by atoms with E-state index in [0.717, 1.165) is 5.75 Å². The van der Waals surface area contributed by atoms with Crippen LogP contribution >= 0.6 is 23.4 Å².